The van der Waals surface area contributed by atoms with Crippen molar-refractivity contribution in [2.75, 3.05) is 21.3 Å². The lowest BCUT2D eigenvalue weighted by atomic mass is 10.0. The van der Waals surface area contributed by atoms with Crippen molar-refractivity contribution in [3.63, 3.8) is 0 Å². The molecule has 158 valence electrons. The molecule has 1 N–H and O–H groups in total. The molecule has 0 unspecified atom stereocenters. The van der Waals surface area contributed by atoms with E-state index in [0.29, 0.717) is 39.9 Å². The average Bonchev–Trinajstić information content (AvgIpc) is 3.41. The molecular weight excluding hydrogens is 414 g/mol. The molecule has 2 heterocycles. The highest BCUT2D eigenvalue weighted by atomic mass is 32.1. The number of allylic oxidation sites excluding steroid dienone is 1. The number of ether oxygens (including phenoxy) is 3. The van der Waals surface area contributed by atoms with E-state index in [4.69, 9.17) is 14.2 Å². The smallest absolute Gasteiger partial charge is 0.203 e. The zero-order valence-electron chi connectivity index (χ0n) is 17.6. The van der Waals surface area contributed by atoms with Gasteiger partial charge in [-0.15, -0.1) is 11.3 Å². The molecule has 0 aliphatic rings. The minimum Gasteiger partial charge on any atom is -0.493 e. The summed E-state index contributed by atoms with van der Waals surface area (Å²) in [4.78, 5) is 26.0. The third kappa shape index (κ3) is 4.02. The molecule has 4 aromatic rings. The van der Waals surface area contributed by atoms with E-state index >= 15 is 0 Å². The summed E-state index contributed by atoms with van der Waals surface area (Å²) >= 11 is 1.52. The van der Waals surface area contributed by atoms with Crippen molar-refractivity contribution >= 4 is 39.8 Å². The van der Waals surface area contributed by atoms with E-state index < -0.39 is 0 Å². The van der Waals surface area contributed by atoms with E-state index in [2.05, 4.69) is 15.0 Å². The summed E-state index contributed by atoms with van der Waals surface area (Å²) in [6.45, 7) is 1.92. The predicted octanol–water partition coefficient (Wildman–Crippen LogP) is 4.78. The number of H-pyrrole nitrogens is 1. The highest BCUT2D eigenvalue weighted by molar-refractivity contribution is 7.09. The molecule has 4 rings (SSSR count). The number of carbonyl (C=O) groups excluding carboxylic acids is 1. The summed E-state index contributed by atoms with van der Waals surface area (Å²) < 4.78 is 16.2. The number of thiazole rings is 1. The second-order valence-corrected chi connectivity index (χ2v) is 7.76. The Bertz CT molecular complexity index is 1230. The molecular formula is C23H21N3O4S. The number of aryl methyl sites for hydroxylation is 1. The van der Waals surface area contributed by atoms with Gasteiger partial charge in [0.05, 0.1) is 48.6 Å². The van der Waals surface area contributed by atoms with Gasteiger partial charge in [0.2, 0.25) is 5.75 Å². The number of methoxy groups -OCH3 is 3. The summed E-state index contributed by atoms with van der Waals surface area (Å²) in [5.74, 6) is 1.44. The summed E-state index contributed by atoms with van der Waals surface area (Å²) in [7, 11) is 4.55. The first-order valence-corrected chi connectivity index (χ1v) is 10.4. The van der Waals surface area contributed by atoms with Crippen LogP contribution in [0, 0.1) is 6.92 Å². The molecule has 0 fully saturated rings. The zero-order valence-corrected chi connectivity index (χ0v) is 18.4. The second kappa shape index (κ2) is 8.61. The number of aromatic nitrogens is 3. The monoisotopic (exact) mass is 435 g/mol. The predicted molar refractivity (Wildman–Crippen MR) is 121 cm³/mol. The lowest BCUT2D eigenvalue weighted by molar-refractivity contribution is 0.105. The quantitative estimate of drug-likeness (QED) is 0.332. The molecule has 0 amide bonds. The third-order valence-electron chi connectivity index (χ3n) is 4.75. The van der Waals surface area contributed by atoms with E-state index in [0.717, 1.165) is 16.0 Å². The number of nitrogens with zero attached hydrogens (tertiary/aromatic N) is 2. The van der Waals surface area contributed by atoms with E-state index in [1.165, 1.54) is 32.7 Å². The van der Waals surface area contributed by atoms with Gasteiger partial charge in [0.1, 0.15) is 5.82 Å². The van der Waals surface area contributed by atoms with E-state index in [-0.39, 0.29) is 5.78 Å². The van der Waals surface area contributed by atoms with Crippen LogP contribution in [0.4, 0.5) is 0 Å². The van der Waals surface area contributed by atoms with Gasteiger partial charge in [-0.1, -0.05) is 12.1 Å². The normalized spacial score (nSPS) is 11.5. The van der Waals surface area contributed by atoms with Crippen LogP contribution in [0.3, 0.4) is 0 Å². The van der Waals surface area contributed by atoms with E-state index in [1.807, 2.05) is 36.6 Å². The largest absolute Gasteiger partial charge is 0.493 e. The van der Waals surface area contributed by atoms with Crippen molar-refractivity contribution in [2.24, 2.45) is 0 Å². The lowest BCUT2D eigenvalue weighted by Crippen LogP contribution is -2.06. The first-order valence-electron chi connectivity index (χ1n) is 9.47. The standard InChI is InChI=1S/C23H21N3O4S/c1-13-24-15(12-31-13)11-16(23-25-17-7-5-6-8-18(17)26-23)21(27)14-9-19(28-2)22(30-4)20(10-14)29-3/h5-12H,1-4H3,(H,25,26)/b16-11+. The van der Waals surface area contributed by atoms with E-state index in [9.17, 15) is 4.79 Å². The fraction of sp³-hybridized carbons (Fsp3) is 0.174. The van der Waals surface area contributed by atoms with Gasteiger partial charge in [0.15, 0.2) is 17.3 Å². The number of hydrogen-bond acceptors (Lipinski definition) is 7. The van der Waals surface area contributed by atoms with Gasteiger partial charge in [-0.05, 0) is 37.3 Å². The molecule has 7 nitrogen and oxygen atoms in total. The molecule has 0 aliphatic heterocycles. The summed E-state index contributed by atoms with van der Waals surface area (Å²) in [6.07, 6.45) is 1.74. The van der Waals surface area contributed by atoms with Crippen LogP contribution in [0.5, 0.6) is 17.2 Å². The Kier molecular flexibility index (Phi) is 5.73. The average molecular weight is 436 g/mol. The third-order valence-corrected chi connectivity index (χ3v) is 5.54. The maximum absolute atomic E-state index is 13.7. The fourth-order valence-corrected chi connectivity index (χ4v) is 3.85. The van der Waals surface area contributed by atoms with Crippen LogP contribution in [-0.2, 0) is 0 Å². The van der Waals surface area contributed by atoms with Crippen LogP contribution in [0.25, 0.3) is 22.7 Å². The van der Waals surface area contributed by atoms with Gasteiger partial charge in [-0.2, -0.15) is 0 Å². The van der Waals surface area contributed by atoms with Crippen LogP contribution < -0.4 is 14.2 Å². The van der Waals surface area contributed by atoms with Crippen LogP contribution in [0.2, 0.25) is 0 Å². The van der Waals surface area contributed by atoms with Gasteiger partial charge < -0.3 is 19.2 Å². The van der Waals surface area contributed by atoms with Crippen molar-refractivity contribution in [2.45, 2.75) is 6.92 Å². The molecule has 8 heteroatoms. The Balaban J connectivity index is 1.87. The van der Waals surface area contributed by atoms with Crippen molar-refractivity contribution < 1.29 is 19.0 Å². The van der Waals surface area contributed by atoms with Gasteiger partial charge >= 0.3 is 0 Å². The number of hydrogen-bond donors (Lipinski definition) is 1. The maximum Gasteiger partial charge on any atom is 0.203 e. The molecule has 2 aromatic carbocycles. The highest BCUT2D eigenvalue weighted by Gasteiger charge is 2.23. The maximum atomic E-state index is 13.7. The molecule has 0 saturated carbocycles. The van der Waals surface area contributed by atoms with Gasteiger partial charge in [0.25, 0.3) is 0 Å². The van der Waals surface area contributed by atoms with Crippen molar-refractivity contribution in [1.82, 2.24) is 15.0 Å². The van der Waals surface area contributed by atoms with Crippen LogP contribution in [0.15, 0.2) is 41.8 Å². The van der Waals surface area contributed by atoms with Gasteiger partial charge in [-0.25, -0.2) is 9.97 Å². The molecule has 0 aliphatic carbocycles. The number of imidazole rings is 1. The Morgan fingerprint density at radius 1 is 1.03 bits per heavy atom. The molecule has 0 spiro atoms. The minimum absolute atomic E-state index is 0.246. The molecule has 0 bridgehead atoms. The number of aromatic amines is 1. The summed E-state index contributed by atoms with van der Waals surface area (Å²) in [5, 5.41) is 2.82. The molecule has 0 radical (unpaired) electrons. The lowest BCUT2D eigenvalue weighted by Gasteiger charge is -2.14. The van der Waals surface area contributed by atoms with Crippen LogP contribution in [0.1, 0.15) is 26.9 Å². The number of Topliss-reactive ketones (excluding diaryl/α,β-unsaturated/α-hetero) is 1. The number of carbonyl (C=O) groups is 1. The number of para-hydroxylation sites is 2. The Hall–Kier alpha value is -3.65. The van der Waals surface area contributed by atoms with E-state index in [1.54, 1.807) is 18.2 Å². The number of benzene rings is 2. The number of fused-ring (bicyclic) bond motifs is 1. The van der Waals surface area contributed by atoms with Crippen molar-refractivity contribution in [1.29, 1.82) is 0 Å². The molecule has 31 heavy (non-hydrogen) atoms. The Labute approximate surface area is 183 Å². The second-order valence-electron chi connectivity index (χ2n) is 6.70. The van der Waals surface area contributed by atoms with Gasteiger partial charge in [-0.3, -0.25) is 4.79 Å². The molecule has 2 aromatic heterocycles. The number of rotatable bonds is 7. The summed E-state index contributed by atoms with van der Waals surface area (Å²) in [5.41, 5.74) is 3.08. The van der Waals surface area contributed by atoms with Crippen molar-refractivity contribution in [3.05, 3.63) is 63.9 Å². The van der Waals surface area contributed by atoms with Gasteiger partial charge in [0, 0.05) is 10.9 Å². The molecule has 0 atom stereocenters. The minimum atomic E-state index is -0.246. The molecule has 0 saturated heterocycles. The zero-order chi connectivity index (χ0) is 22.0. The number of ketones is 1. The fourth-order valence-electron chi connectivity index (χ4n) is 3.28. The first-order chi connectivity index (χ1) is 15.0. The van der Waals surface area contributed by atoms with Crippen LogP contribution >= 0.6 is 11.3 Å². The highest BCUT2D eigenvalue weighted by Crippen LogP contribution is 2.39. The topological polar surface area (TPSA) is 86.3 Å². The Morgan fingerprint density at radius 2 is 1.74 bits per heavy atom. The van der Waals surface area contributed by atoms with Crippen LogP contribution in [-0.4, -0.2) is 42.1 Å². The Morgan fingerprint density at radius 3 is 2.32 bits per heavy atom. The SMILES string of the molecule is COc1cc(C(=O)/C(=C\c2csc(C)n2)c2nc3ccccc3[nH]2)cc(OC)c1OC. The number of nitrogens with one attached hydrogen (secondary N) is 1. The van der Waals surface area contributed by atoms with Crippen molar-refractivity contribution in [3.8, 4) is 17.2 Å². The summed E-state index contributed by atoms with van der Waals surface area (Å²) in [6, 6.07) is 10.9. The first kappa shape index (κ1) is 20.6.